The van der Waals surface area contributed by atoms with Crippen molar-refractivity contribution in [2.75, 3.05) is 0 Å². The van der Waals surface area contributed by atoms with Crippen molar-refractivity contribution < 1.29 is 0 Å². The summed E-state index contributed by atoms with van der Waals surface area (Å²) in [5.41, 5.74) is 0.181. The summed E-state index contributed by atoms with van der Waals surface area (Å²) in [6, 6.07) is 0. The van der Waals surface area contributed by atoms with E-state index in [1.807, 2.05) is 12.5 Å². The van der Waals surface area contributed by atoms with Crippen LogP contribution in [-0.4, -0.2) is 9.55 Å². The number of aromatic nitrogens is 2. The van der Waals surface area contributed by atoms with E-state index in [4.69, 9.17) is 0 Å². The third-order valence-corrected chi connectivity index (χ3v) is 7.23. The molecule has 0 aliphatic heterocycles. The van der Waals surface area contributed by atoms with Gasteiger partial charge < -0.3 is 4.57 Å². The monoisotopic (exact) mass is 418 g/mol. The maximum atomic E-state index is 4.30. The predicted molar refractivity (Wildman–Crippen MR) is 134 cm³/mol. The Morgan fingerprint density at radius 1 is 0.633 bits per heavy atom. The molecule has 176 valence electrons. The first-order valence-corrected chi connectivity index (χ1v) is 13.6. The van der Waals surface area contributed by atoms with Crippen LogP contribution in [0.5, 0.6) is 0 Å². The molecule has 2 nitrogen and oxygen atoms in total. The summed E-state index contributed by atoms with van der Waals surface area (Å²) in [4.78, 5) is 4.30. The van der Waals surface area contributed by atoms with Crippen molar-refractivity contribution in [3.63, 3.8) is 0 Å². The number of hydrogen-bond donors (Lipinski definition) is 0. The van der Waals surface area contributed by atoms with Gasteiger partial charge in [-0.3, -0.25) is 0 Å². The number of unbranched alkanes of at least 4 members (excludes halogenated alkanes) is 15. The molecule has 0 aliphatic rings. The van der Waals surface area contributed by atoms with Crippen LogP contribution in [0.25, 0.3) is 0 Å². The van der Waals surface area contributed by atoms with Crippen molar-refractivity contribution in [3.05, 3.63) is 18.7 Å². The van der Waals surface area contributed by atoms with Crippen LogP contribution in [0.4, 0.5) is 0 Å². The lowest BCUT2D eigenvalue weighted by Crippen LogP contribution is -2.34. The topological polar surface area (TPSA) is 17.8 Å². The van der Waals surface area contributed by atoms with Gasteiger partial charge in [-0.15, -0.1) is 0 Å². The van der Waals surface area contributed by atoms with Gasteiger partial charge in [0, 0.05) is 17.9 Å². The predicted octanol–water partition coefficient (Wildman–Crippen LogP) is 9.69. The van der Waals surface area contributed by atoms with Crippen LogP contribution in [0.15, 0.2) is 18.7 Å². The Morgan fingerprint density at radius 3 is 1.47 bits per heavy atom. The van der Waals surface area contributed by atoms with Gasteiger partial charge in [0.05, 0.1) is 6.33 Å². The van der Waals surface area contributed by atoms with Crippen LogP contribution in [0, 0.1) is 5.92 Å². The van der Waals surface area contributed by atoms with E-state index in [1.165, 1.54) is 122 Å². The maximum Gasteiger partial charge on any atom is 0.0951 e. The zero-order valence-electron chi connectivity index (χ0n) is 21.1. The van der Waals surface area contributed by atoms with Crippen LogP contribution in [0.2, 0.25) is 0 Å². The van der Waals surface area contributed by atoms with Gasteiger partial charge in [0.1, 0.15) is 0 Å². The van der Waals surface area contributed by atoms with Crippen molar-refractivity contribution in [1.29, 1.82) is 0 Å². The minimum Gasteiger partial charge on any atom is -0.332 e. The van der Waals surface area contributed by atoms with Gasteiger partial charge in [-0.2, -0.15) is 0 Å². The Hall–Kier alpha value is -0.790. The van der Waals surface area contributed by atoms with E-state index in [1.54, 1.807) is 0 Å². The smallest absolute Gasteiger partial charge is 0.0951 e. The van der Waals surface area contributed by atoms with Gasteiger partial charge in [0.25, 0.3) is 0 Å². The Labute approximate surface area is 189 Å². The molecular weight excluding hydrogens is 364 g/mol. The number of nitrogens with zero attached hydrogens (tertiary/aromatic N) is 2. The molecule has 0 aromatic carbocycles. The number of rotatable bonds is 21. The third kappa shape index (κ3) is 12.2. The summed E-state index contributed by atoms with van der Waals surface area (Å²) in [6.45, 7) is 9.43. The molecule has 0 aliphatic carbocycles. The third-order valence-electron chi connectivity index (χ3n) is 7.23. The Morgan fingerprint density at radius 2 is 1.03 bits per heavy atom. The summed E-state index contributed by atoms with van der Waals surface area (Å²) >= 11 is 0. The highest BCUT2D eigenvalue weighted by atomic mass is 15.1. The van der Waals surface area contributed by atoms with E-state index < -0.39 is 0 Å². The molecule has 0 unspecified atom stereocenters. The summed E-state index contributed by atoms with van der Waals surface area (Å²) < 4.78 is 2.34. The second-order valence-corrected chi connectivity index (χ2v) is 10.2. The molecule has 0 radical (unpaired) electrons. The summed E-state index contributed by atoms with van der Waals surface area (Å²) in [5.74, 6) is 0.760. The van der Waals surface area contributed by atoms with Crippen molar-refractivity contribution in [3.8, 4) is 0 Å². The van der Waals surface area contributed by atoms with E-state index >= 15 is 0 Å². The fourth-order valence-electron chi connectivity index (χ4n) is 4.89. The molecule has 0 bridgehead atoms. The van der Waals surface area contributed by atoms with E-state index in [9.17, 15) is 0 Å². The zero-order valence-corrected chi connectivity index (χ0v) is 21.1. The molecule has 1 aromatic heterocycles. The average molecular weight is 419 g/mol. The lowest BCUT2D eigenvalue weighted by Gasteiger charge is -2.36. The van der Waals surface area contributed by atoms with Crippen LogP contribution in [0.1, 0.15) is 150 Å². The van der Waals surface area contributed by atoms with Crippen molar-refractivity contribution in [1.82, 2.24) is 9.55 Å². The Balaban J connectivity index is 2.10. The van der Waals surface area contributed by atoms with E-state index in [-0.39, 0.29) is 5.54 Å². The molecule has 2 heteroatoms. The minimum absolute atomic E-state index is 0.181. The average Bonchev–Trinajstić information content (AvgIpc) is 3.28. The van der Waals surface area contributed by atoms with E-state index in [2.05, 4.69) is 43.4 Å². The minimum atomic E-state index is 0.181. The number of hydrogen-bond acceptors (Lipinski definition) is 1. The molecule has 0 spiro atoms. The molecule has 0 N–H and O–H groups in total. The molecule has 1 rings (SSSR count). The second-order valence-electron chi connectivity index (χ2n) is 10.2. The fourth-order valence-corrected chi connectivity index (χ4v) is 4.89. The molecule has 1 aromatic rings. The standard InChI is InChI=1S/C28H54N2/c1-5-7-9-10-11-12-13-14-15-16-17-18-19-21-23-27(22-20-8-6-2)28(3,4)30-25-24-29-26-30/h24-27H,5-23H2,1-4H3/t27-/m0/s1. The quantitative estimate of drug-likeness (QED) is 0.182. The van der Waals surface area contributed by atoms with Gasteiger partial charge in [-0.05, 0) is 32.6 Å². The van der Waals surface area contributed by atoms with Crippen LogP contribution >= 0.6 is 0 Å². The van der Waals surface area contributed by atoms with Gasteiger partial charge in [-0.25, -0.2) is 4.98 Å². The highest BCUT2D eigenvalue weighted by molar-refractivity contribution is 4.90. The molecule has 30 heavy (non-hydrogen) atoms. The van der Waals surface area contributed by atoms with E-state index in [0.717, 1.165) is 5.92 Å². The van der Waals surface area contributed by atoms with E-state index in [0.29, 0.717) is 0 Å². The molecule has 1 atom stereocenters. The zero-order chi connectivity index (χ0) is 21.9. The molecule has 0 saturated carbocycles. The van der Waals surface area contributed by atoms with Crippen LogP contribution in [0.3, 0.4) is 0 Å². The summed E-state index contributed by atoms with van der Waals surface area (Å²) in [6.07, 6.45) is 33.1. The molecular formula is C28H54N2. The van der Waals surface area contributed by atoms with Crippen molar-refractivity contribution in [2.24, 2.45) is 5.92 Å². The summed E-state index contributed by atoms with van der Waals surface area (Å²) in [7, 11) is 0. The molecule has 0 saturated heterocycles. The first kappa shape index (κ1) is 27.2. The second kappa shape index (κ2) is 17.8. The summed E-state index contributed by atoms with van der Waals surface area (Å²) in [5, 5.41) is 0. The van der Waals surface area contributed by atoms with Gasteiger partial charge in [-0.1, -0.05) is 123 Å². The van der Waals surface area contributed by atoms with Gasteiger partial charge >= 0.3 is 0 Å². The number of imidazole rings is 1. The lowest BCUT2D eigenvalue weighted by molar-refractivity contribution is 0.182. The molecule has 0 fully saturated rings. The SMILES string of the molecule is CCCCCCCCCCCCCCCC[C@H](CCCCC)C(C)(C)n1ccnc1. The van der Waals surface area contributed by atoms with Gasteiger partial charge in [0.2, 0.25) is 0 Å². The lowest BCUT2D eigenvalue weighted by atomic mass is 9.79. The molecule has 0 amide bonds. The fraction of sp³-hybridized carbons (Fsp3) is 0.893. The first-order valence-electron chi connectivity index (χ1n) is 13.6. The normalized spacial score (nSPS) is 13.1. The van der Waals surface area contributed by atoms with Crippen molar-refractivity contribution in [2.45, 2.75) is 155 Å². The Kier molecular flexibility index (Phi) is 16.2. The maximum absolute atomic E-state index is 4.30. The van der Waals surface area contributed by atoms with Crippen LogP contribution in [-0.2, 0) is 5.54 Å². The highest BCUT2D eigenvalue weighted by Gasteiger charge is 2.29. The highest BCUT2D eigenvalue weighted by Crippen LogP contribution is 2.34. The Bertz CT molecular complexity index is 463. The first-order chi connectivity index (χ1) is 14.6. The van der Waals surface area contributed by atoms with Gasteiger partial charge in [0.15, 0.2) is 0 Å². The molecule has 1 heterocycles. The largest absolute Gasteiger partial charge is 0.332 e. The van der Waals surface area contributed by atoms with Crippen molar-refractivity contribution >= 4 is 0 Å². The van der Waals surface area contributed by atoms with Crippen LogP contribution < -0.4 is 0 Å².